The Kier molecular flexibility index (Phi) is 4.68. The first-order chi connectivity index (χ1) is 8.61. The fraction of sp³-hybridized carbons (Fsp3) is 0.600. The molecule has 1 aliphatic rings. The Labute approximate surface area is 119 Å². The summed E-state index contributed by atoms with van der Waals surface area (Å²) in [5.41, 5.74) is 2.78. The van der Waals surface area contributed by atoms with E-state index in [9.17, 15) is 0 Å². The van der Waals surface area contributed by atoms with Crippen LogP contribution in [-0.4, -0.2) is 19.6 Å². The van der Waals surface area contributed by atoms with E-state index in [4.69, 9.17) is 0 Å². The van der Waals surface area contributed by atoms with Gasteiger partial charge in [0.25, 0.3) is 0 Å². The largest absolute Gasteiger partial charge is 0.369 e. The quantitative estimate of drug-likeness (QED) is 0.913. The molecule has 3 heteroatoms. The predicted octanol–water partition coefficient (Wildman–Crippen LogP) is 3.79. The lowest BCUT2D eigenvalue weighted by atomic mass is 9.92. The number of nitrogens with one attached hydrogen (secondary N) is 1. The van der Waals surface area contributed by atoms with Crippen molar-refractivity contribution in [2.75, 3.05) is 18.5 Å². The van der Waals surface area contributed by atoms with E-state index in [2.05, 4.69) is 58.2 Å². The van der Waals surface area contributed by atoms with Crippen LogP contribution in [0.5, 0.6) is 0 Å². The highest BCUT2D eigenvalue weighted by Crippen LogP contribution is 2.32. The summed E-state index contributed by atoms with van der Waals surface area (Å²) in [7, 11) is 2.01. The SMILES string of the molecule is CNCc1ccc(Br)cc1N1CCC(C)CC1C. The minimum absolute atomic E-state index is 0.638. The molecule has 100 valence electrons. The van der Waals surface area contributed by atoms with Crippen molar-refractivity contribution >= 4 is 21.6 Å². The molecule has 2 rings (SSSR count). The van der Waals surface area contributed by atoms with Crippen LogP contribution in [0.15, 0.2) is 22.7 Å². The van der Waals surface area contributed by atoms with E-state index in [0.717, 1.165) is 12.5 Å². The first kappa shape index (κ1) is 13.9. The zero-order valence-corrected chi connectivity index (χ0v) is 13.1. The summed E-state index contributed by atoms with van der Waals surface area (Å²) in [4.78, 5) is 2.57. The highest BCUT2D eigenvalue weighted by Gasteiger charge is 2.24. The second-order valence-electron chi connectivity index (χ2n) is 5.48. The minimum atomic E-state index is 0.638. The van der Waals surface area contributed by atoms with Gasteiger partial charge in [0.15, 0.2) is 0 Å². The summed E-state index contributed by atoms with van der Waals surface area (Å²) in [5, 5.41) is 3.26. The Balaban J connectivity index is 2.28. The Bertz CT molecular complexity index is 405. The molecule has 1 aliphatic heterocycles. The number of hydrogen-bond acceptors (Lipinski definition) is 2. The van der Waals surface area contributed by atoms with Crippen molar-refractivity contribution in [2.24, 2.45) is 5.92 Å². The van der Waals surface area contributed by atoms with Crippen LogP contribution >= 0.6 is 15.9 Å². The van der Waals surface area contributed by atoms with Crippen molar-refractivity contribution in [1.29, 1.82) is 0 Å². The smallest absolute Gasteiger partial charge is 0.0425 e. The molecule has 1 heterocycles. The third kappa shape index (κ3) is 3.07. The minimum Gasteiger partial charge on any atom is -0.369 e. The van der Waals surface area contributed by atoms with Crippen molar-refractivity contribution < 1.29 is 0 Å². The first-order valence-electron chi connectivity index (χ1n) is 6.81. The van der Waals surface area contributed by atoms with Gasteiger partial charge in [-0.3, -0.25) is 0 Å². The van der Waals surface area contributed by atoms with Gasteiger partial charge in [0, 0.05) is 29.3 Å². The molecule has 0 radical (unpaired) electrons. The third-order valence-corrected chi connectivity index (χ3v) is 4.36. The van der Waals surface area contributed by atoms with E-state index >= 15 is 0 Å². The van der Waals surface area contributed by atoms with Crippen LogP contribution < -0.4 is 10.2 Å². The Hall–Kier alpha value is -0.540. The number of halogens is 1. The molecule has 2 nitrogen and oxygen atoms in total. The van der Waals surface area contributed by atoms with Gasteiger partial charge in [-0.1, -0.05) is 28.9 Å². The second-order valence-corrected chi connectivity index (χ2v) is 6.39. The van der Waals surface area contributed by atoms with E-state index < -0.39 is 0 Å². The molecule has 0 bridgehead atoms. The number of hydrogen-bond donors (Lipinski definition) is 1. The van der Waals surface area contributed by atoms with Gasteiger partial charge < -0.3 is 10.2 Å². The molecule has 0 saturated carbocycles. The van der Waals surface area contributed by atoms with Crippen molar-refractivity contribution in [3.05, 3.63) is 28.2 Å². The van der Waals surface area contributed by atoms with E-state index in [1.165, 1.54) is 35.1 Å². The molecule has 1 fully saturated rings. The van der Waals surface area contributed by atoms with Gasteiger partial charge in [0.1, 0.15) is 0 Å². The van der Waals surface area contributed by atoms with E-state index in [-0.39, 0.29) is 0 Å². The Morgan fingerprint density at radius 2 is 2.17 bits per heavy atom. The average Bonchev–Trinajstić information content (AvgIpc) is 2.32. The van der Waals surface area contributed by atoms with Crippen molar-refractivity contribution in [1.82, 2.24) is 5.32 Å². The Morgan fingerprint density at radius 1 is 1.39 bits per heavy atom. The molecular formula is C15H23BrN2. The highest BCUT2D eigenvalue weighted by atomic mass is 79.9. The summed E-state index contributed by atoms with van der Waals surface area (Å²) in [6.07, 6.45) is 2.60. The lowest BCUT2D eigenvalue weighted by Gasteiger charge is -2.39. The van der Waals surface area contributed by atoms with Crippen LogP contribution in [0, 0.1) is 5.92 Å². The molecule has 2 unspecified atom stereocenters. The van der Waals surface area contributed by atoms with Gasteiger partial charge in [0.05, 0.1) is 0 Å². The van der Waals surface area contributed by atoms with Crippen molar-refractivity contribution in [2.45, 2.75) is 39.3 Å². The fourth-order valence-corrected chi connectivity index (χ4v) is 3.26. The van der Waals surface area contributed by atoms with Gasteiger partial charge in [-0.25, -0.2) is 0 Å². The molecule has 1 N–H and O–H groups in total. The topological polar surface area (TPSA) is 15.3 Å². The summed E-state index contributed by atoms with van der Waals surface area (Å²) in [5.74, 6) is 0.858. The standard InChI is InChI=1S/C15H23BrN2/c1-11-6-7-18(12(2)8-11)15-9-14(16)5-4-13(15)10-17-3/h4-5,9,11-12,17H,6-8,10H2,1-3H3. The van der Waals surface area contributed by atoms with Crippen molar-refractivity contribution in [3.8, 4) is 0 Å². The number of benzene rings is 1. The van der Waals surface area contributed by atoms with Crippen molar-refractivity contribution in [3.63, 3.8) is 0 Å². The Morgan fingerprint density at radius 3 is 2.83 bits per heavy atom. The van der Waals surface area contributed by atoms with Crippen LogP contribution in [-0.2, 0) is 6.54 Å². The van der Waals surface area contributed by atoms with Gasteiger partial charge in [-0.15, -0.1) is 0 Å². The maximum atomic E-state index is 3.60. The van der Waals surface area contributed by atoms with Crippen LogP contribution in [0.25, 0.3) is 0 Å². The molecule has 1 aromatic carbocycles. The molecule has 0 amide bonds. The van der Waals surface area contributed by atoms with Crippen LogP contribution in [0.1, 0.15) is 32.3 Å². The monoisotopic (exact) mass is 310 g/mol. The second kappa shape index (κ2) is 6.07. The first-order valence-corrected chi connectivity index (χ1v) is 7.60. The van der Waals surface area contributed by atoms with E-state index in [0.29, 0.717) is 6.04 Å². The molecule has 18 heavy (non-hydrogen) atoms. The van der Waals surface area contributed by atoms with Gasteiger partial charge in [-0.2, -0.15) is 0 Å². The van der Waals surface area contributed by atoms with Crippen LogP contribution in [0.4, 0.5) is 5.69 Å². The molecule has 0 spiro atoms. The summed E-state index contributed by atoms with van der Waals surface area (Å²) >= 11 is 3.60. The maximum Gasteiger partial charge on any atom is 0.0425 e. The van der Waals surface area contributed by atoms with Gasteiger partial charge in [0.2, 0.25) is 0 Å². The van der Waals surface area contributed by atoms with E-state index in [1.807, 2.05) is 7.05 Å². The molecule has 1 saturated heterocycles. The maximum absolute atomic E-state index is 3.60. The lowest BCUT2D eigenvalue weighted by Crippen LogP contribution is -2.40. The summed E-state index contributed by atoms with van der Waals surface area (Å²) < 4.78 is 1.17. The number of piperidine rings is 1. The molecule has 0 aliphatic carbocycles. The van der Waals surface area contributed by atoms with Crippen LogP contribution in [0.3, 0.4) is 0 Å². The highest BCUT2D eigenvalue weighted by molar-refractivity contribution is 9.10. The third-order valence-electron chi connectivity index (χ3n) is 3.86. The molecule has 1 aromatic rings. The molecular weight excluding hydrogens is 288 g/mol. The predicted molar refractivity (Wildman–Crippen MR) is 82.1 cm³/mol. The average molecular weight is 311 g/mol. The number of rotatable bonds is 3. The van der Waals surface area contributed by atoms with Gasteiger partial charge >= 0.3 is 0 Å². The zero-order chi connectivity index (χ0) is 13.1. The zero-order valence-electron chi connectivity index (χ0n) is 11.5. The normalized spacial score (nSPS) is 24.3. The molecule has 0 aromatic heterocycles. The molecule has 2 atom stereocenters. The number of anilines is 1. The van der Waals surface area contributed by atoms with E-state index in [1.54, 1.807) is 0 Å². The lowest BCUT2D eigenvalue weighted by molar-refractivity contribution is 0.377. The summed E-state index contributed by atoms with van der Waals surface area (Å²) in [6.45, 7) is 6.82. The number of nitrogens with zero attached hydrogens (tertiary/aromatic N) is 1. The summed E-state index contributed by atoms with van der Waals surface area (Å²) in [6, 6.07) is 7.26. The van der Waals surface area contributed by atoms with Gasteiger partial charge in [-0.05, 0) is 50.4 Å². The fourth-order valence-electron chi connectivity index (χ4n) is 2.91. The van der Waals surface area contributed by atoms with Crippen LogP contribution in [0.2, 0.25) is 0 Å².